The highest BCUT2D eigenvalue weighted by Gasteiger charge is 2.29. The van der Waals surface area contributed by atoms with E-state index in [-0.39, 0.29) is 24.8 Å². The maximum absolute atomic E-state index is 13.1. The molecule has 0 bridgehead atoms. The Morgan fingerprint density at radius 2 is 2.12 bits per heavy atom. The minimum atomic E-state index is -0.571. The second-order valence-corrected chi connectivity index (χ2v) is 7.87. The Hall–Kier alpha value is -1.57. The topological polar surface area (TPSA) is 55.4 Å². The molecule has 1 aliphatic rings. The molecule has 8 heteroatoms. The minimum absolute atomic E-state index is 0.00486. The molecule has 0 aliphatic carbocycles. The van der Waals surface area contributed by atoms with Crippen LogP contribution in [0.3, 0.4) is 0 Å². The van der Waals surface area contributed by atoms with Gasteiger partial charge in [0.05, 0.1) is 17.4 Å². The number of carbonyl (C=O) groups excluding carboxylic acids is 2. The first-order chi connectivity index (χ1) is 11.9. The van der Waals surface area contributed by atoms with Gasteiger partial charge < -0.3 is 10.1 Å². The molecule has 2 aromatic rings. The molecule has 1 N–H and O–H groups in total. The molecule has 130 valence electrons. The predicted molar refractivity (Wildman–Crippen MR) is 98.2 cm³/mol. The summed E-state index contributed by atoms with van der Waals surface area (Å²) in [5.74, 6) is -1.14. The summed E-state index contributed by atoms with van der Waals surface area (Å²) in [5, 5.41) is 2.70. The van der Waals surface area contributed by atoms with E-state index in [9.17, 15) is 14.0 Å². The molecule has 1 heterocycles. The Bertz CT molecular complexity index is 849. The first kappa shape index (κ1) is 18.2. The lowest BCUT2D eigenvalue weighted by molar-refractivity contribution is -0.145. The lowest BCUT2D eigenvalue weighted by Crippen LogP contribution is -2.31. The van der Waals surface area contributed by atoms with Crippen LogP contribution in [0.5, 0.6) is 0 Å². The Morgan fingerprint density at radius 1 is 1.32 bits per heavy atom. The van der Waals surface area contributed by atoms with Crippen LogP contribution in [0.4, 0.5) is 10.1 Å². The van der Waals surface area contributed by atoms with Crippen LogP contribution in [0.25, 0.3) is 0 Å². The molecule has 0 spiro atoms. The predicted octanol–water partition coefficient (Wildman–Crippen LogP) is 4.79. The largest absolute Gasteiger partial charge is 0.461 e. The van der Waals surface area contributed by atoms with Crippen LogP contribution in [0.15, 0.2) is 45.8 Å². The number of carbonyl (C=O) groups is 2. The van der Waals surface area contributed by atoms with E-state index in [4.69, 9.17) is 16.3 Å². The SMILES string of the molecule is O=C(CC1Sc2ccc(Cl)cc2NC1=O)OCc1ccc(F)cc1Br. The van der Waals surface area contributed by atoms with E-state index in [0.717, 1.165) is 4.90 Å². The smallest absolute Gasteiger partial charge is 0.307 e. The van der Waals surface area contributed by atoms with Crippen molar-refractivity contribution >= 4 is 56.9 Å². The molecule has 1 unspecified atom stereocenters. The molecule has 0 radical (unpaired) electrons. The summed E-state index contributed by atoms with van der Waals surface area (Å²) in [6, 6.07) is 9.33. The minimum Gasteiger partial charge on any atom is -0.461 e. The average molecular weight is 445 g/mol. The highest BCUT2D eigenvalue weighted by Crippen LogP contribution is 2.38. The third-order valence-electron chi connectivity index (χ3n) is 3.52. The number of hydrogen-bond donors (Lipinski definition) is 1. The third kappa shape index (κ3) is 4.54. The molecule has 25 heavy (non-hydrogen) atoms. The summed E-state index contributed by atoms with van der Waals surface area (Å²) in [5.41, 5.74) is 1.29. The van der Waals surface area contributed by atoms with Crippen molar-refractivity contribution < 1.29 is 18.7 Å². The summed E-state index contributed by atoms with van der Waals surface area (Å²) in [6.45, 7) is 0.00486. The molecule has 0 saturated carbocycles. The van der Waals surface area contributed by atoms with Crippen molar-refractivity contribution in [2.45, 2.75) is 23.2 Å². The fraction of sp³-hybridized carbons (Fsp3) is 0.176. The van der Waals surface area contributed by atoms with Gasteiger partial charge in [0.15, 0.2) is 0 Å². The molecule has 0 aromatic heterocycles. The second-order valence-electron chi connectivity index (χ2n) is 5.34. The summed E-state index contributed by atoms with van der Waals surface area (Å²) >= 11 is 10.4. The molecular formula is C17H12BrClFNO3S. The molecule has 2 aromatic carbocycles. The van der Waals surface area contributed by atoms with Gasteiger partial charge >= 0.3 is 5.97 Å². The van der Waals surface area contributed by atoms with Gasteiger partial charge in [0.25, 0.3) is 0 Å². The highest BCUT2D eigenvalue weighted by atomic mass is 79.9. The Morgan fingerprint density at radius 3 is 2.88 bits per heavy atom. The number of thioether (sulfide) groups is 1. The van der Waals surface area contributed by atoms with Gasteiger partial charge in [0.1, 0.15) is 12.4 Å². The molecule has 1 amide bonds. The van der Waals surface area contributed by atoms with Crippen LogP contribution in [0, 0.1) is 5.82 Å². The maximum Gasteiger partial charge on any atom is 0.307 e. The van der Waals surface area contributed by atoms with Crippen LogP contribution in [0.1, 0.15) is 12.0 Å². The van der Waals surface area contributed by atoms with E-state index in [1.165, 1.54) is 30.0 Å². The number of hydrogen-bond acceptors (Lipinski definition) is 4. The number of esters is 1. The van der Waals surface area contributed by atoms with Crippen molar-refractivity contribution in [1.82, 2.24) is 0 Å². The van der Waals surface area contributed by atoms with Crippen LogP contribution >= 0.6 is 39.3 Å². The number of rotatable bonds is 4. The van der Waals surface area contributed by atoms with E-state index in [1.54, 1.807) is 18.2 Å². The Balaban J connectivity index is 1.59. The fourth-order valence-corrected chi connectivity index (χ4v) is 3.98. The van der Waals surface area contributed by atoms with Gasteiger partial charge in [-0.1, -0.05) is 33.6 Å². The Labute approximate surface area is 161 Å². The zero-order valence-corrected chi connectivity index (χ0v) is 15.9. The number of amides is 1. The van der Waals surface area contributed by atoms with Crippen molar-refractivity contribution in [1.29, 1.82) is 0 Å². The number of benzene rings is 2. The standard InChI is InChI=1S/C17H12BrClFNO3S/c18-12-6-11(20)3-1-9(12)8-24-16(22)7-15-17(23)21-13-5-10(19)2-4-14(13)25-15/h1-6,15H,7-8H2,(H,21,23). The van der Waals surface area contributed by atoms with Gasteiger partial charge in [-0.15, -0.1) is 11.8 Å². The van der Waals surface area contributed by atoms with Gasteiger partial charge in [-0.25, -0.2) is 4.39 Å². The van der Waals surface area contributed by atoms with Gasteiger partial charge in [-0.2, -0.15) is 0 Å². The van der Waals surface area contributed by atoms with Crippen LogP contribution < -0.4 is 5.32 Å². The maximum atomic E-state index is 13.1. The number of ether oxygens (including phenoxy) is 1. The summed E-state index contributed by atoms with van der Waals surface area (Å²) < 4.78 is 18.8. The van der Waals surface area contributed by atoms with Crippen LogP contribution in [-0.4, -0.2) is 17.1 Å². The van der Waals surface area contributed by atoms with E-state index >= 15 is 0 Å². The van der Waals surface area contributed by atoms with E-state index < -0.39 is 11.2 Å². The number of fused-ring (bicyclic) bond motifs is 1. The normalized spacial score (nSPS) is 16.1. The lowest BCUT2D eigenvalue weighted by atomic mass is 10.2. The van der Waals surface area contributed by atoms with Crippen LogP contribution in [-0.2, 0) is 20.9 Å². The number of halogens is 3. The van der Waals surface area contributed by atoms with Gasteiger partial charge in [0.2, 0.25) is 5.91 Å². The van der Waals surface area contributed by atoms with Crippen molar-refractivity contribution in [3.63, 3.8) is 0 Å². The quantitative estimate of drug-likeness (QED) is 0.689. The van der Waals surface area contributed by atoms with Crippen molar-refractivity contribution in [3.05, 3.63) is 57.3 Å². The van der Waals surface area contributed by atoms with Crippen molar-refractivity contribution in [3.8, 4) is 0 Å². The summed E-state index contributed by atoms with van der Waals surface area (Å²) in [4.78, 5) is 25.0. The zero-order chi connectivity index (χ0) is 18.0. The highest BCUT2D eigenvalue weighted by molar-refractivity contribution is 9.10. The first-order valence-electron chi connectivity index (χ1n) is 7.29. The second kappa shape index (κ2) is 7.76. The average Bonchev–Trinajstić information content (AvgIpc) is 2.55. The number of anilines is 1. The summed E-state index contributed by atoms with van der Waals surface area (Å²) in [7, 11) is 0. The van der Waals surface area contributed by atoms with Gasteiger partial charge in [-0.3, -0.25) is 9.59 Å². The van der Waals surface area contributed by atoms with Crippen LogP contribution in [0.2, 0.25) is 5.02 Å². The molecule has 0 saturated heterocycles. The van der Waals surface area contributed by atoms with Gasteiger partial charge in [0, 0.05) is 20.0 Å². The molecule has 0 fully saturated rings. The molecule has 4 nitrogen and oxygen atoms in total. The molecule has 1 atom stereocenters. The summed E-state index contributed by atoms with van der Waals surface area (Å²) in [6.07, 6.45) is -0.0582. The molecule has 1 aliphatic heterocycles. The third-order valence-corrected chi connectivity index (χ3v) is 5.77. The van der Waals surface area contributed by atoms with Gasteiger partial charge in [-0.05, 0) is 30.3 Å². The Kier molecular flexibility index (Phi) is 5.66. The zero-order valence-electron chi connectivity index (χ0n) is 12.7. The van der Waals surface area contributed by atoms with E-state index in [1.807, 2.05) is 0 Å². The van der Waals surface area contributed by atoms with E-state index in [0.29, 0.717) is 20.7 Å². The monoisotopic (exact) mass is 443 g/mol. The lowest BCUT2D eigenvalue weighted by Gasteiger charge is -2.23. The van der Waals surface area contributed by atoms with Crippen molar-refractivity contribution in [2.24, 2.45) is 0 Å². The molecular weight excluding hydrogens is 433 g/mol. The molecule has 3 rings (SSSR count). The van der Waals surface area contributed by atoms with E-state index in [2.05, 4.69) is 21.2 Å². The fourth-order valence-electron chi connectivity index (χ4n) is 2.26. The van der Waals surface area contributed by atoms with Crippen molar-refractivity contribution in [2.75, 3.05) is 5.32 Å². The number of nitrogens with one attached hydrogen (secondary N) is 1. The first-order valence-corrected chi connectivity index (χ1v) is 9.34.